The van der Waals surface area contributed by atoms with Crippen LogP contribution in [0.25, 0.3) is 21.9 Å². The van der Waals surface area contributed by atoms with Crippen LogP contribution in [0.4, 0.5) is 0 Å². The summed E-state index contributed by atoms with van der Waals surface area (Å²) in [5.74, 6) is 0.577. The van der Waals surface area contributed by atoms with Crippen LogP contribution in [-0.4, -0.2) is 25.8 Å². The van der Waals surface area contributed by atoms with Gasteiger partial charge in [0.1, 0.15) is 5.75 Å². The Morgan fingerprint density at radius 3 is 2.42 bits per heavy atom. The van der Waals surface area contributed by atoms with Crippen molar-refractivity contribution in [3.05, 3.63) is 58.5 Å². The first-order chi connectivity index (χ1) is 12.3. The number of rotatable bonds is 4. The predicted octanol–water partition coefficient (Wildman–Crippen LogP) is 3.32. The van der Waals surface area contributed by atoms with Crippen LogP contribution in [-0.2, 0) is 16.9 Å². The Morgan fingerprint density at radius 2 is 1.77 bits per heavy atom. The number of aromatic nitrogens is 1. The molecule has 0 saturated heterocycles. The lowest BCUT2D eigenvalue weighted by atomic mass is 9.98. The highest BCUT2D eigenvalue weighted by atomic mass is 32.2. The summed E-state index contributed by atoms with van der Waals surface area (Å²) in [4.78, 5) is 12.7. The van der Waals surface area contributed by atoms with Crippen molar-refractivity contribution >= 4 is 20.6 Å². The fraction of sp³-hybridized carbons (Fsp3) is 0.250. The molecule has 1 heterocycles. The van der Waals surface area contributed by atoms with Crippen LogP contribution >= 0.6 is 0 Å². The van der Waals surface area contributed by atoms with Crippen LogP contribution in [0.1, 0.15) is 12.5 Å². The third-order valence-electron chi connectivity index (χ3n) is 4.54. The van der Waals surface area contributed by atoms with Gasteiger partial charge in [0, 0.05) is 29.8 Å². The fourth-order valence-electron chi connectivity index (χ4n) is 3.05. The highest BCUT2D eigenvalue weighted by molar-refractivity contribution is 7.91. The molecule has 1 aromatic heterocycles. The van der Waals surface area contributed by atoms with Crippen LogP contribution < -0.4 is 10.3 Å². The SMILES string of the molecule is CCS(=O)(=O)c1ccc(OC)c(-c2cn(C)c(=O)c3ccc(C)cc23)c1. The van der Waals surface area contributed by atoms with Crippen molar-refractivity contribution in [3.63, 3.8) is 0 Å². The summed E-state index contributed by atoms with van der Waals surface area (Å²) in [6, 6.07) is 10.5. The summed E-state index contributed by atoms with van der Waals surface area (Å²) < 4.78 is 31.6. The van der Waals surface area contributed by atoms with E-state index in [2.05, 4.69) is 0 Å². The third-order valence-corrected chi connectivity index (χ3v) is 6.27. The van der Waals surface area contributed by atoms with Crippen molar-refractivity contribution in [1.82, 2.24) is 4.57 Å². The van der Waals surface area contributed by atoms with Crippen molar-refractivity contribution in [2.75, 3.05) is 12.9 Å². The number of pyridine rings is 1. The largest absolute Gasteiger partial charge is 0.496 e. The van der Waals surface area contributed by atoms with Gasteiger partial charge in [0.15, 0.2) is 9.84 Å². The number of methoxy groups -OCH3 is 1. The molecular formula is C20H21NO4S. The molecule has 0 aliphatic carbocycles. The smallest absolute Gasteiger partial charge is 0.258 e. The Labute approximate surface area is 152 Å². The highest BCUT2D eigenvalue weighted by Crippen LogP contribution is 2.36. The number of hydrogen-bond donors (Lipinski definition) is 0. The zero-order chi connectivity index (χ0) is 19.1. The second-order valence-electron chi connectivity index (χ2n) is 6.27. The number of fused-ring (bicyclic) bond motifs is 1. The molecule has 0 spiro atoms. The van der Waals surface area contributed by atoms with Crippen LogP contribution in [0, 0.1) is 6.92 Å². The molecule has 0 aliphatic heterocycles. The minimum absolute atomic E-state index is 0.0197. The maximum Gasteiger partial charge on any atom is 0.258 e. The van der Waals surface area contributed by atoms with E-state index in [9.17, 15) is 13.2 Å². The summed E-state index contributed by atoms with van der Waals surface area (Å²) in [6.07, 6.45) is 1.73. The Balaban J connectivity index is 2.43. The number of hydrogen-bond acceptors (Lipinski definition) is 4. The Hall–Kier alpha value is -2.60. The average Bonchev–Trinajstić information content (AvgIpc) is 2.64. The number of nitrogens with zero attached hydrogens (tertiary/aromatic N) is 1. The Kier molecular flexibility index (Phi) is 4.63. The maximum atomic E-state index is 12.5. The van der Waals surface area contributed by atoms with Crippen molar-refractivity contribution in [2.24, 2.45) is 7.05 Å². The summed E-state index contributed by atoms with van der Waals surface area (Å²) in [5, 5.41) is 1.36. The molecule has 26 heavy (non-hydrogen) atoms. The lowest BCUT2D eigenvalue weighted by molar-refractivity contribution is 0.416. The van der Waals surface area contributed by atoms with Gasteiger partial charge < -0.3 is 9.30 Å². The lowest BCUT2D eigenvalue weighted by Crippen LogP contribution is -2.16. The molecule has 136 valence electrons. The average molecular weight is 371 g/mol. The van der Waals surface area contributed by atoms with Gasteiger partial charge in [-0.2, -0.15) is 0 Å². The van der Waals surface area contributed by atoms with Gasteiger partial charge in [0.05, 0.1) is 17.8 Å². The molecule has 0 N–H and O–H groups in total. The molecule has 5 nitrogen and oxygen atoms in total. The van der Waals surface area contributed by atoms with Crippen molar-refractivity contribution < 1.29 is 13.2 Å². The van der Waals surface area contributed by atoms with Gasteiger partial charge in [-0.3, -0.25) is 4.79 Å². The summed E-state index contributed by atoms with van der Waals surface area (Å²) in [5.41, 5.74) is 2.33. The van der Waals surface area contributed by atoms with E-state index < -0.39 is 9.84 Å². The second kappa shape index (κ2) is 6.61. The van der Waals surface area contributed by atoms with Gasteiger partial charge in [-0.15, -0.1) is 0 Å². The van der Waals surface area contributed by atoms with E-state index in [0.29, 0.717) is 16.7 Å². The molecule has 0 radical (unpaired) electrons. The molecule has 3 aromatic rings. The van der Waals surface area contributed by atoms with E-state index in [1.165, 1.54) is 4.57 Å². The van der Waals surface area contributed by atoms with Gasteiger partial charge in [0.2, 0.25) is 0 Å². The first-order valence-electron chi connectivity index (χ1n) is 8.29. The van der Waals surface area contributed by atoms with Gasteiger partial charge in [-0.1, -0.05) is 24.6 Å². The normalized spacial score (nSPS) is 11.7. The third kappa shape index (κ3) is 3.01. The first-order valence-corrected chi connectivity index (χ1v) is 9.95. The van der Waals surface area contributed by atoms with Crippen LogP contribution in [0.3, 0.4) is 0 Å². The van der Waals surface area contributed by atoms with E-state index >= 15 is 0 Å². The van der Waals surface area contributed by atoms with Crippen molar-refractivity contribution in [3.8, 4) is 16.9 Å². The minimum Gasteiger partial charge on any atom is -0.496 e. The molecular weight excluding hydrogens is 350 g/mol. The monoisotopic (exact) mass is 371 g/mol. The summed E-state index contributed by atoms with van der Waals surface area (Å²) >= 11 is 0. The zero-order valence-corrected chi connectivity index (χ0v) is 16.1. The molecule has 0 fully saturated rings. The van der Waals surface area contributed by atoms with Gasteiger partial charge in [0.25, 0.3) is 5.56 Å². The highest BCUT2D eigenvalue weighted by Gasteiger charge is 2.18. The fourth-order valence-corrected chi connectivity index (χ4v) is 3.96. The van der Waals surface area contributed by atoms with Gasteiger partial charge >= 0.3 is 0 Å². The molecule has 0 amide bonds. The van der Waals surface area contributed by atoms with Crippen LogP contribution in [0.15, 0.2) is 52.3 Å². The standard InChI is InChI=1S/C20H21NO4S/c1-5-26(23,24)14-7-9-19(25-4)17(11-14)18-12-21(3)20(22)15-8-6-13(2)10-16(15)18/h6-12H,5H2,1-4H3. The number of sulfone groups is 1. The molecule has 0 bridgehead atoms. The summed E-state index contributed by atoms with van der Waals surface area (Å²) in [6.45, 7) is 3.57. The van der Waals surface area contributed by atoms with Crippen LogP contribution in [0.2, 0.25) is 0 Å². The quantitative estimate of drug-likeness (QED) is 0.706. The molecule has 3 rings (SSSR count). The number of aryl methyl sites for hydroxylation is 2. The van der Waals surface area contributed by atoms with E-state index in [-0.39, 0.29) is 16.2 Å². The second-order valence-corrected chi connectivity index (χ2v) is 8.55. The summed E-state index contributed by atoms with van der Waals surface area (Å²) in [7, 11) is -0.129. The number of ether oxygens (including phenoxy) is 1. The predicted molar refractivity (Wildman–Crippen MR) is 104 cm³/mol. The molecule has 6 heteroatoms. The molecule has 0 unspecified atom stereocenters. The van der Waals surface area contributed by atoms with E-state index in [1.807, 2.05) is 19.1 Å². The maximum absolute atomic E-state index is 12.5. The Bertz CT molecular complexity index is 1160. The molecule has 0 aliphatic rings. The van der Waals surface area contributed by atoms with Gasteiger partial charge in [-0.25, -0.2) is 8.42 Å². The van der Waals surface area contributed by atoms with Crippen LogP contribution in [0.5, 0.6) is 5.75 Å². The molecule has 2 aromatic carbocycles. The van der Waals surface area contributed by atoms with Crippen molar-refractivity contribution in [1.29, 1.82) is 0 Å². The number of benzene rings is 2. The zero-order valence-electron chi connectivity index (χ0n) is 15.2. The van der Waals surface area contributed by atoms with E-state index in [1.54, 1.807) is 51.5 Å². The molecule has 0 saturated carbocycles. The Morgan fingerprint density at radius 1 is 1.04 bits per heavy atom. The lowest BCUT2D eigenvalue weighted by Gasteiger charge is -2.15. The van der Waals surface area contributed by atoms with Gasteiger partial charge in [-0.05, 0) is 36.6 Å². The first kappa shape index (κ1) is 18.2. The van der Waals surface area contributed by atoms with Crippen molar-refractivity contribution in [2.45, 2.75) is 18.7 Å². The topological polar surface area (TPSA) is 65.4 Å². The van der Waals surface area contributed by atoms with E-state index in [4.69, 9.17) is 4.74 Å². The van der Waals surface area contributed by atoms with E-state index in [0.717, 1.165) is 16.5 Å². The minimum atomic E-state index is -3.36. The molecule has 0 atom stereocenters.